The SMILES string of the molecule is CN=C(NCc1nnc2n1CCCCC2)NC1CCN(CC(F)(F)F)C1.I. The second-order valence-electron chi connectivity index (χ2n) is 6.90. The molecule has 1 fully saturated rings. The van der Waals surface area contributed by atoms with Crippen LogP contribution in [0.4, 0.5) is 13.2 Å². The standard InChI is InChI=1S/C16H26F3N7.HI/c1-20-15(22-12-6-8-25(10-12)11-16(17,18)19)21-9-14-24-23-13-5-3-2-4-7-26(13)14;/h12H,2-11H2,1H3,(H2,20,21,22);1H. The highest BCUT2D eigenvalue weighted by molar-refractivity contribution is 14.0. The number of guanidine groups is 1. The summed E-state index contributed by atoms with van der Waals surface area (Å²) in [5.41, 5.74) is 0. The van der Waals surface area contributed by atoms with Crippen molar-refractivity contribution >= 4 is 29.9 Å². The van der Waals surface area contributed by atoms with Crippen LogP contribution in [0.1, 0.15) is 37.3 Å². The van der Waals surface area contributed by atoms with Crippen molar-refractivity contribution in [1.82, 2.24) is 30.3 Å². The van der Waals surface area contributed by atoms with Gasteiger partial charge in [0.25, 0.3) is 0 Å². The number of hydrogen-bond donors (Lipinski definition) is 2. The predicted octanol–water partition coefficient (Wildman–Crippen LogP) is 1.92. The molecule has 0 saturated carbocycles. The Morgan fingerprint density at radius 3 is 2.78 bits per heavy atom. The summed E-state index contributed by atoms with van der Waals surface area (Å²) in [5, 5.41) is 14.9. The van der Waals surface area contributed by atoms with Gasteiger partial charge in [-0.05, 0) is 19.3 Å². The Kier molecular flexibility index (Phi) is 8.13. The van der Waals surface area contributed by atoms with E-state index in [1.807, 2.05) is 0 Å². The van der Waals surface area contributed by atoms with Crippen LogP contribution in [0.25, 0.3) is 0 Å². The molecule has 27 heavy (non-hydrogen) atoms. The van der Waals surface area contributed by atoms with E-state index in [4.69, 9.17) is 0 Å². The second-order valence-corrected chi connectivity index (χ2v) is 6.90. The predicted molar refractivity (Wildman–Crippen MR) is 107 cm³/mol. The van der Waals surface area contributed by atoms with E-state index in [2.05, 4.69) is 30.4 Å². The third-order valence-electron chi connectivity index (χ3n) is 4.84. The number of aryl methyl sites for hydroxylation is 1. The maximum atomic E-state index is 12.5. The third kappa shape index (κ3) is 6.47. The molecule has 0 radical (unpaired) electrons. The number of fused-ring (bicyclic) bond motifs is 1. The molecular weight excluding hydrogens is 474 g/mol. The highest BCUT2D eigenvalue weighted by atomic mass is 127. The lowest BCUT2D eigenvalue weighted by atomic mass is 10.2. The molecule has 7 nitrogen and oxygen atoms in total. The highest BCUT2D eigenvalue weighted by Gasteiger charge is 2.34. The molecule has 1 atom stereocenters. The summed E-state index contributed by atoms with van der Waals surface area (Å²) in [6.45, 7) is 1.36. The Hall–Kier alpha value is -1.11. The molecule has 3 rings (SSSR count). The van der Waals surface area contributed by atoms with Gasteiger partial charge < -0.3 is 15.2 Å². The summed E-state index contributed by atoms with van der Waals surface area (Å²) in [6, 6.07) is -0.0425. The Morgan fingerprint density at radius 2 is 2.04 bits per heavy atom. The number of aliphatic imine (C=N–C) groups is 1. The number of halogens is 4. The quantitative estimate of drug-likeness (QED) is 0.375. The topological polar surface area (TPSA) is 70.4 Å². The van der Waals surface area contributed by atoms with Crippen molar-refractivity contribution in [3.8, 4) is 0 Å². The van der Waals surface area contributed by atoms with Gasteiger partial charge in [-0.25, -0.2) is 0 Å². The van der Waals surface area contributed by atoms with E-state index in [0.717, 1.165) is 37.5 Å². The smallest absolute Gasteiger partial charge is 0.352 e. The first kappa shape index (κ1) is 22.2. The Balaban J connectivity index is 0.00000261. The number of likely N-dealkylation sites (tertiary alicyclic amines) is 1. The van der Waals surface area contributed by atoms with Crippen LogP contribution in [0, 0.1) is 0 Å². The molecule has 0 aromatic carbocycles. The van der Waals surface area contributed by atoms with Gasteiger partial charge in [-0.1, -0.05) is 6.42 Å². The zero-order chi connectivity index (χ0) is 18.6. The number of nitrogens with one attached hydrogen (secondary N) is 2. The molecule has 11 heteroatoms. The third-order valence-corrected chi connectivity index (χ3v) is 4.84. The lowest BCUT2D eigenvalue weighted by Crippen LogP contribution is -2.45. The van der Waals surface area contributed by atoms with Gasteiger partial charge in [-0.15, -0.1) is 34.2 Å². The monoisotopic (exact) mass is 501 g/mol. The van der Waals surface area contributed by atoms with Gasteiger partial charge in [0, 0.05) is 39.1 Å². The average Bonchev–Trinajstić information content (AvgIpc) is 3.09. The van der Waals surface area contributed by atoms with Crippen molar-refractivity contribution in [2.75, 3.05) is 26.7 Å². The van der Waals surface area contributed by atoms with Crippen LogP contribution >= 0.6 is 24.0 Å². The maximum Gasteiger partial charge on any atom is 0.401 e. The van der Waals surface area contributed by atoms with E-state index in [1.165, 1.54) is 11.3 Å². The van der Waals surface area contributed by atoms with Crippen LogP contribution in [0.5, 0.6) is 0 Å². The normalized spacial score (nSPS) is 21.3. The van der Waals surface area contributed by atoms with Crippen molar-refractivity contribution in [3.63, 3.8) is 0 Å². The molecule has 2 N–H and O–H groups in total. The summed E-state index contributed by atoms with van der Waals surface area (Å²) in [6.07, 6.45) is 0.942. The molecule has 1 unspecified atom stereocenters. The molecular formula is C16H27F3IN7. The van der Waals surface area contributed by atoms with Gasteiger partial charge in [0.15, 0.2) is 11.8 Å². The van der Waals surface area contributed by atoms with E-state index in [1.54, 1.807) is 7.05 Å². The summed E-state index contributed by atoms with van der Waals surface area (Å²) in [5.74, 6) is 2.48. The molecule has 0 aliphatic carbocycles. The van der Waals surface area contributed by atoms with Crippen LogP contribution in [0.15, 0.2) is 4.99 Å². The molecule has 1 aromatic rings. The fourth-order valence-electron chi connectivity index (χ4n) is 3.57. The molecule has 0 bridgehead atoms. The summed E-state index contributed by atoms with van der Waals surface area (Å²) < 4.78 is 39.6. The van der Waals surface area contributed by atoms with Gasteiger partial charge in [0.2, 0.25) is 0 Å². The molecule has 2 aliphatic rings. The first-order chi connectivity index (χ1) is 12.4. The van der Waals surface area contributed by atoms with Crippen molar-refractivity contribution in [3.05, 3.63) is 11.6 Å². The molecule has 1 aromatic heterocycles. The highest BCUT2D eigenvalue weighted by Crippen LogP contribution is 2.20. The van der Waals surface area contributed by atoms with E-state index >= 15 is 0 Å². The number of aromatic nitrogens is 3. The van der Waals surface area contributed by atoms with Gasteiger partial charge in [0.05, 0.1) is 13.1 Å². The van der Waals surface area contributed by atoms with E-state index in [9.17, 15) is 13.2 Å². The van der Waals surface area contributed by atoms with Crippen molar-refractivity contribution in [2.45, 2.75) is 57.4 Å². The zero-order valence-corrected chi connectivity index (χ0v) is 17.8. The maximum absolute atomic E-state index is 12.5. The molecule has 0 amide bonds. The van der Waals surface area contributed by atoms with Crippen molar-refractivity contribution < 1.29 is 13.2 Å². The lowest BCUT2D eigenvalue weighted by Gasteiger charge is -2.19. The van der Waals surface area contributed by atoms with Gasteiger partial charge in [-0.3, -0.25) is 9.89 Å². The number of alkyl halides is 3. The molecule has 2 aliphatic heterocycles. The Morgan fingerprint density at radius 1 is 1.22 bits per heavy atom. The van der Waals surface area contributed by atoms with E-state index < -0.39 is 12.7 Å². The van der Waals surface area contributed by atoms with Crippen LogP contribution in [0.3, 0.4) is 0 Å². The summed E-state index contributed by atoms with van der Waals surface area (Å²) in [7, 11) is 1.65. The Bertz CT molecular complexity index is 632. The average molecular weight is 501 g/mol. The number of nitrogens with zero attached hydrogens (tertiary/aromatic N) is 5. The van der Waals surface area contributed by atoms with Gasteiger partial charge >= 0.3 is 6.18 Å². The summed E-state index contributed by atoms with van der Waals surface area (Å²) in [4.78, 5) is 5.60. The lowest BCUT2D eigenvalue weighted by molar-refractivity contribution is -0.143. The minimum Gasteiger partial charge on any atom is -0.352 e. The fraction of sp³-hybridized carbons (Fsp3) is 0.812. The zero-order valence-electron chi connectivity index (χ0n) is 15.4. The number of rotatable bonds is 4. The minimum absolute atomic E-state index is 0. The summed E-state index contributed by atoms with van der Waals surface area (Å²) >= 11 is 0. The van der Waals surface area contributed by atoms with Crippen molar-refractivity contribution in [1.29, 1.82) is 0 Å². The molecule has 0 spiro atoms. The van der Waals surface area contributed by atoms with Gasteiger partial charge in [0.1, 0.15) is 5.82 Å². The van der Waals surface area contributed by atoms with Crippen LogP contribution in [0.2, 0.25) is 0 Å². The molecule has 1 saturated heterocycles. The Labute approximate surface area is 174 Å². The van der Waals surface area contributed by atoms with Crippen LogP contribution in [-0.2, 0) is 19.5 Å². The number of hydrogen-bond acceptors (Lipinski definition) is 4. The fourth-order valence-corrected chi connectivity index (χ4v) is 3.57. The van der Waals surface area contributed by atoms with Crippen LogP contribution in [-0.4, -0.2) is 64.5 Å². The first-order valence-corrected chi connectivity index (χ1v) is 9.12. The molecule has 154 valence electrons. The second kappa shape index (κ2) is 9.89. The van der Waals surface area contributed by atoms with Crippen molar-refractivity contribution in [2.24, 2.45) is 4.99 Å². The van der Waals surface area contributed by atoms with E-state index in [0.29, 0.717) is 32.0 Å². The first-order valence-electron chi connectivity index (χ1n) is 9.12. The van der Waals surface area contributed by atoms with Gasteiger partial charge in [-0.2, -0.15) is 13.2 Å². The minimum atomic E-state index is -4.15. The van der Waals surface area contributed by atoms with Crippen LogP contribution < -0.4 is 10.6 Å². The largest absolute Gasteiger partial charge is 0.401 e. The molecule has 3 heterocycles. The van der Waals surface area contributed by atoms with E-state index in [-0.39, 0.29) is 30.0 Å².